The van der Waals surface area contributed by atoms with Crippen molar-refractivity contribution in [2.75, 3.05) is 23.4 Å². The number of sulfonamides is 1. The average Bonchev–Trinajstić information content (AvgIpc) is 2.65. The van der Waals surface area contributed by atoms with E-state index in [1.54, 1.807) is 25.4 Å². The maximum absolute atomic E-state index is 11.8. The summed E-state index contributed by atoms with van der Waals surface area (Å²) in [5, 5.41) is 3.66. The Balaban J connectivity index is 2.19. The Morgan fingerprint density at radius 1 is 1.06 bits per heavy atom. The molecule has 3 rings (SSSR count). The number of hydrogen-bond donors (Lipinski definition) is 2. The van der Waals surface area contributed by atoms with Crippen molar-refractivity contribution in [3.05, 3.63) is 48.2 Å². The molecule has 0 aliphatic heterocycles. The van der Waals surface area contributed by atoms with Crippen molar-refractivity contribution < 1.29 is 17.9 Å². The lowest BCUT2D eigenvalue weighted by Crippen LogP contribution is -2.15. The molecule has 0 aliphatic rings. The largest absolute Gasteiger partial charge is 0.496 e. The molecule has 7 nitrogen and oxygen atoms in total. The van der Waals surface area contributed by atoms with Crippen molar-refractivity contribution >= 4 is 38.2 Å². The van der Waals surface area contributed by atoms with Gasteiger partial charge in [0.1, 0.15) is 5.75 Å². The highest BCUT2D eigenvalue weighted by Crippen LogP contribution is 2.41. The molecule has 0 unspecified atom stereocenters. The number of hydrogen-bond acceptors (Lipinski definition) is 5. The number of aromatic nitrogens is 1. The number of nitrogens with zero attached hydrogens (tertiary/aromatic N) is 1. The van der Waals surface area contributed by atoms with Gasteiger partial charge in [0.2, 0.25) is 15.9 Å². The van der Waals surface area contributed by atoms with E-state index in [2.05, 4.69) is 35.8 Å². The molecular formula is C23H27N3O4S. The van der Waals surface area contributed by atoms with E-state index in [1.165, 1.54) is 6.92 Å². The Kier molecular flexibility index (Phi) is 5.96. The number of ether oxygens (including phenoxy) is 1. The molecule has 0 saturated carbocycles. The molecule has 0 fully saturated rings. The van der Waals surface area contributed by atoms with E-state index in [0.29, 0.717) is 22.6 Å². The lowest BCUT2D eigenvalue weighted by Gasteiger charge is -2.25. The number of nitrogens with one attached hydrogen (secondary N) is 2. The zero-order chi connectivity index (χ0) is 23.0. The first-order valence-electron chi connectivity index (χ1n) is 9.76. The fraction of sp³-hybridized carbons (Fsp3) is 0.304. The highest BCUT2D eigenvalue weighted by molar-refractivity contribution is 7.92. The number of anilines is 2. The predicted octanol–water partition coefficient (Wildman–Crippen LogP) is 4.54. The first-order valence-corrected chi connectivity index (χ1v) is 11.7. The highest BCUT2D eigenvalue weighted by atomic mass is 32.2. The van der Waals surface area contributed by atoms with Gasteiger partial charge in [0, 0.05) is 35.3 Å². The van der Waals surface area contributed by atoms with E-state index < -0.39 is 10.0 Å². The molecule has 0 saturated heterocycles. The normalized spacial score (nSPS) is 11.9. The molecule has 0 aliphatic carbocycles. The molecule has 1 aromatic heterocycles. The van der Waals surface area contributed by atoms with Crippen molar-refractivity contribution in [3.63, 3.8) is 0 Å². The molecule has 1 heterocycles. The van der Waals surface area contributed by atoms with Gasteiger partial charge >= 0.3 is 0 Å². The van der Waals surface area contributed by atoms with Crippen LogP contribution in [-0.2, 0) is 20.2 Å². The molecule has 164 valence electrons. The minimum Gasteiger partial charge on any atom is -0.496 e. The highest BCUT2D eigenvalue weighted by Gasteiger charge is 2.24. The SMILES string of the molecule is COc1c(C(C)(C)C)cc(NC(C)=O)c2ncc(-c3ccc(NS(C)(=O)=O)cc3)cc12. The number of pyridine rings is 1. The number of amides is 1. The second kappa shape index (κ2) is 8.19. The topological polar surface area (TPSA) is 97.4 Å². The van der Waals surface area contributed by atoms with E-state index in [-0.39, 0.29) is 11.3 Å². The van der Waals surface area contributed by atoms with E-state index in [4.69, 9.17) is 4.74 Å². The fourth-order valence-electron chi connectivity index (χ4n) is 3.44. The van der Waals surface area contributed by atoms with Crippen LogP contribution in [0.15, 0.2) is 42.6 Å². The number of carbonyl (C=O) groups is 1. The summed E-state index contributed by atoms with van der Waals surface area (Å²) in [6.07, 6.45) is 2.84. The molecule has 2 aromatic carbocycles. The summed E-state index contributed by atoms with van der Waals surface area (Å²) >= 11 is 0. The van der Waals surface area contributed by atoms with Crippen LogP contribution in [0.1, 0.15) is 33.3 Å². The Labute approximate surface area is 182 Å². The molecule has 3 aromatic rings. The van der Waals surface area contributed by atoms with Crippen LogP contribution < -0.4 is 14.8 Å². The van der Waals surface area contributed by atoms with Gasteiger partial charge in [-0.05, 0) is 35.2 Å². The summed E-state index contributed by atoms with van der Waals surface area (Å²) < 4.78 is 31.1. The minimum absolute atomic E-state index is 0.175. The molecule has 8 heteroatoms. The van der Waals surface area contributed by atoms with Crippen LogP contribution in [0.2, 0.25) is 0 Å². The molecule has 31 heavy (non-hydrogen) atoms. The third kappa shape index (κ3) is 5.14. The van der Waals surface area contributed by atoms with Crippen molar-refractivity contribution in [1.29, 1.82) is 0 Å². The minimum atomic E-state index is -3.34. The van der Waals surface area contributed by atoms with E-state index >= 15 is 0 Å². The van der Waals surface area contributed by atoms with Crippen LogP contribution in [0, 0.1) is 0 Å². The number of carbonyl (C=O) groups excluding carboxylic acids is 1. The van der Waals surface area contributed by atoms with E-state index in [9.17, 15) is 13.2 Å². The Morgan fingerprint density at radius 3 is 2.23 bits per heavy atom. The van der Waals surface area contributed by atoms with Gasteiger partial charge in [0.15, 0.2) is 0 Å². The number of fused-ring (bicyclic) bond motifs is 1. The van der Waals surface area contributed by atoms with E-state index in [1.807, 2.05) is 24.3 Å². The Bertz CT molecular complexity index is 1240. The number of rotatable bonds is 5. The van der Waals surface area contributed by atoms with Gasteiger partial charge in [-0.15, -0.1) is 0 Å². The van der Waals surface area contributed by atoms with Crippen LogP contribution >= 0.6 is 0 Å². The van der Waals surface area contributed by atoms with Gasteiger partial charge in [0.05, 0.1) is 24.6 Å². The average molecular weight is 442 g/mol. The summed E-state index contributed by atoms with van der Waals surface area (Å²) in [5.41, 5.74) is 4.21. The van der Waals surface area contributed by atoms with Crippen molar-refractivity contribution in [3.8, 4) is 16.9 Å². The second-order valence-corrected chi connectivity index (χ2v) is 10.3. The smallest absolute Gasteiger partial charge is 0.229 e. The lowest BCUT2D eigenvalue weighted by molar-refractivity contribution is -0.114. The van der Waals surface area contributed by atoms with Crippen LogP contribution in [0.25, 0.3) is 22.0 Å². The maximum atomic E-state index is 11.8. The van der Waals surface area contributed by atoms with Gasteiger partial charge in [-0.2, -0.15) is 0 Å². The summed E-state index contributed by atoms with van der Waals surface area (Å²) in [5.74, 6) is 0.535. The summed E-state index contributed by atoms with van der Waals surface area (Å²) in [6.45, 7) is 7.71. The predicted molar refractivity (Wildman–Crippen MR) is 125 cm³/mol. The van der Waals surface area contributed by atoms with Crippen LogP contribution in [0.4, 0.5) is 11.4 Å². The van der Waals surface area contributed by atoms with Crippen molar-refractivity contribution in [2.24, 2.45) is 0 Å². The molecule has 1 amide bonds. The molecular weight excluding hydrogens is 414 g/mol. The van der Waals surface area contributed by atoms with Gasteiger partial charge in [-0.1, -0.05) is 32.9 Å². The first kappa shape index (κ1) is 22.6. The molecule has 0 radical (unpaired) electrons. The summed E-state index contributed by atoms with van der Waals surface area (Å²) in [6, 6.07) is 10.9. The molecule has 2 N–H and O–H groups in total. The van der Waals surface area contributed by atoms with E-state index in [0.717, 1.165) is 28.3 Å². The molecule has 0 atom stereocenters. The second-order valence-electron chi connectivity index (χ2n) is 8.51. The quantitative estimate of drug-likeness (QED) is 0.606. The monoisotopic (exact) mass is 441 g/mol. The molecule has 0 spiro atoms. The van der Waals surface area contributed by atoms with Crippen molar-refractivity contribution in [2.45, 2.75) is 33.1 Å². The molecule has 0 bridgehead atoms. The van der Waals surface area contributed by atoms with Gasteiger partial charge in [-0.3, -0.25) is 14.5 Å². The fourth-order valence-corrected chi connectivity index (χ4v) is 4.00. The van der Waals surface area contributed by atoms with Crippen LogP contribution in [0.3, 0.4) is 0 Å². The number of methoxy groups -OCH3 is 1. The lowest BCUT2D eigenvalue weighted by atomic mass is 9.84. The van der Waals surface area contributed by atoms with Crippen LogP contribution in [-0.4, -0.2) is 32.7 Å². The van der Waals surface area contributed by atoms with Gasteiger partial charge in [0.25, 0.3) is 0 Å². The standard InChI is InChI=1S/C23H27N3O4S/c1-14(27)25-20-12-19(23(2,3)4)22(30-5)18-11-16(13-24-21(18)20)15-7-9-17(10-8-15)26-31(6,28)29/h7-13,26H,1-6H3,(H,25,27). The van der Waals surface area contributed by atoms with Crippen molar-refractivity contribution in [1.82, 2.24) is 4.98 Å². The zero-order valence-electron chi connectivity index (χ0n) is 18.5. The third-order valence-electron chi connectivity index (χ3n) is 4.77. The first-order chi connectivity index (χ1) is 14.4. The Morgan fingerprint density at radius 2 is 1.71 bits per heavy atom. The van der Waals surface area contributed by atoms with Gasteiger partial charge in [-0.25, -0.2) is 8.42 Å². The summed E-state index contributed by atoms with van der Waals surface area (Å²) in [4.78, 5) is 16.4. The van der Waals surface area contributed by atoms with Gasteiger partial charge < -0.3 is 10.1 Å². The van der Waals surface area contributed by atoms with Crippen LogP contribution in [0.5, 0.6) is 5.75 Å². The number of benzene rings is 2. The Hall–Kier alpha value is -3.13. The third-order valence-corrected chi connectivity index (χ3v) is 5.37. The summed E-state index contributed by atoms with van der Waals surface area (Å²) in [7, 11) is -1.71. The zero-order valence-corrected chi connectivity index (χ0v) is 19.3. The maximum Gasteiger partial charge on any atom is 0.229 e.